The van der Waals surface area contributed by atoms with Crippen molar-refractivity contribution < 1.29 is 13.2 Å². The van der Waals surface area contributed by atoms with Gasteiger partial charge in [0.2, 0.25) is 0 Å². The van der Waals surface area contributed by atoms with Gasteiger partial charge in [0.05, 0.1) is 29.3 Å². The molecule has 136 valence electrons. The molecule has 3 rings (SSSR count). The zero-order chi connectivity index (χ0) is 19.4. The molecule has 3 aromatic rings. The molecule has 0 aliphatic heterocycles. The maximum Gasteiger partial charge on any atom is 0.262 e. The first-order chi connectivity index (χ1) is 12.9. The average molecular weight is 399 g/mol. The quantitative estimate of drug-likeness (QED) is 0.676. The summed E-state index contributed by atoms with van der Waals surface area (Å²) >= 11 is 5.93. The first kappa shape index (κ1) is 18.8. The Balaban J connectivity index is 2.03. The van der Waals surface area contributed by atoms with Gasteiger partial charge in [0.15, 0.2) is 0 Å². The predicted octanol–water partition coefficient (Wildman–Crippen LogP) is 4.69. The van der Waals surface area contributed by atoms with E-state index in [0.29, 0.717) is 5.75 Å². The van der Waals surface area contributed by atoms with Crippen molar-refractivity contribution in [3.05, 3.63) is 77.3 Å². The van der Waals surface area contributed by atoms with Crippen molar-refractivity contribution >= 4 is 27.3 Å². The van der Waals surface area contributed by atoms with E-state index in [9.17, 15) is 8.42 Å². The van der Waals surface area contributed by atoms with Crippen molar-refractivity contribution in [2.45, 2.75) is 4.90 Å². The van der Waals surface area contributed by atoms with E-state index in [1.807, 2.05) is 42.5 Å². The van der Waals surface area contributed by atoms with Crippen molar-refractivity contribution in [3.8, 4) is 22.9 Å². The van der Waals surface area contributed by atoms with Crippen LogP contribution >= 0.6 is 11.6 Å². The molecule has 5 nitrogen and oxygen atoms in total. The zero-order valence-corrected chi connectivity index (χ0v) is 15.9. The number of nitrogens with zero attached hydrogens (tertiary/aromatic N) is 1. The van der Waals surface area contributed by atoms with Crippen LogP contribution in [0.1, 0.15) is 5.56 Å². The van der Waals surface area contributed by atoms with Crippen molar-refractivity contribution in [1.29, 1.82) is 5.26 Å². The number of halogens is 1. The maximum absolute atomic E-state index is 12.8. The van der Waals surface area contributed by atoms with E-state index in [2.05, 4.69) is 4.72 Å². The van der Waals surface area contributed by atoms with Crippen LogP contribution < -0.4 is 9.46 Å². The molecule has 0 aliphatic rings. The zero-order valence-electron chi connectivity index (χ0n) is 14.3. The lowest BCUT2D eigenvalue weighted by Crippen LogP contribution is -2.14. The fourth-order valence-electron chi connectivity index (χ4n) is 2.58. The second kappa shape index (κ2) is 7.70. The Morgan fingerprint density at radius 2 is 1.74 bits per heavy atom. The molecule has 7 heteroatoms. The smallest absolute Gasteiger partial charge is 0.262 e. The van der Waals surface area contributed by atoms with Gasteiger partial charge in [-0.2, -0.15) is 5.26 Å². The highest BCUT2D eigenvalue weighted by Crippen LogP contribution is 2.32. The van der Waals surface area contributed by atoms with Gasteiger partial charge in [-0.25, -0.2) is 8.42 Å². The minimum Gasteiger partial charge on any atom is -0.495 e. The van der Waals surface area contributed by atoms with Crippen LogP contribution in [0.2, 0.25) is 5.02 Å². The van der Waals surface area contributed by atoms with Gasteiger partial charge in [0.25, 0.3) is 10.0 Å². The Bertz CT molecular complexity index is 1120. The molecule has 3 aromatic carbocycles. The number of ether oxygens (including phenoxy) is 1. The van der Waals surface area contributed by atoms with Crippen LogP contribution in [0.4, 0.5) is 5.69 Å². The first-order valence-corrected chi connectivity index (χ1v) is 9.76. The minimum atomic E-state index is -3.97. The molecule has 0 heterocycles. The number of anilines is 1. The Morgan fingerprint density at radius 1 is 1.00 bits per heavy atom. The lowest BCUT2D eigenvalue weighted by atomic mass is 10.1. The van der Waals surface area contributed by atoms with Crippen LogP contribution in [-0.4, -0.2) is 15.5 Å². The molecule has 0 unspecified atom stereocenters. The Kier molecular flexibility index (Phi) is 5.36. The Hall–Kier alpha value is -3.01. The molecule has 0 fully saturated rings. The number of nitriles is 1. The van der Waals surface area contributed by atoms with Crippen LogP contribution in [0.25, 0.3) is 11.1 Å². The molecule has 0 atom stereocenters. The third-order valence-corrected chi connectivity index (χ3v) is 5.42. The highest BCUT2D eigenvalue weighted by Gasteiger charge is 2.19. The average Bonchev–Trinajstić information content (AvgIpc) is 2.67. The maximum atomic E-state index is 12.8. The van der Waals surface area contributed by atoms with Gasteiger partial charge in [-0.1, -0.05) is 48.0 Å². The molecular weight excluding hydrogens is 384 g/mol. The van der Waals surface area contributed by atoms with E-state index in [4.69, 9.17) is 21.6 Å². The summed E-state index contributed by atoms with van der Waals surface area (Å²) in [7, 11) is -2.50. The number of hydrogen-bond acceptors (Lipinski definition) is 4. The number of rotatable bonds is 5. The Morgan fingerprint density at radius 3 is 2.41 bits per heavy atom. The van der Waals surface area contributed by atoms with Crippen molar-refractivity contribution in [1.82, 2.24) is 0 Å². The summed E-state index contributed by atoms with van der Waals surface area (Å²) in [6.07, 6.45) is 0. The molecule has 1 N–H and O–H groups in total. The largest absolute Gasteiger partial charge is 0.495 e. The summed E-state index contributed by atoms with van der Waals surface area (Å²) in [5.74, 6) is 0.376. The normalized spacial score (nSPS) is 10.9. The van der Waals surface area contributed by atoms with Crippen LogP contribution in [0.3, 0.4) is 0 Å². The Labute approximate surface area is 162 Å². The predicted molar refractivity (Wildman–Crippen MR) is 105 cm³/mol. The lowest BCUT2D eigenvalue weighted by Gasteiger charge is -2.14. The van der Waals surface area contributed by atoms with Crippen molar-refractivity contribution in [2.75, 3.05) is 11.8 Å². The summed E-state index contributed by atoms with van der Waals surface area (Å²) in [5, 5.41) is 9.21. The molecule has 0 saturated heterocycles. The minimum absolute atomic E-state index is 0.0984. The second-order valence-electron chi connectivity index (χ2n) is 5.67. The fraction of sp³-hybridized carbons (Fsp3) is 0.0500. The first-order valence-electron chi connectivity index (χ1n) is 7.90. The standard InChI is InChI=1S/C20H15ClN2O3S/c1-26-20-8-7-16(15-5-3-2-4-6-15)11-19(20)23-27(24,25)18-10-14(13-22)9-17(21)12-18/h2-12,23H,1H3. The number of sulfonamides is 1. The molecule has 0 bridgehead atoms. The van der Waals surface area contributed by atoms with Crippen LogP contribution in [0.15, 0.2) is 71.6 Å². The van der Waals surface area contributed by atoms with Crippen molar-refractivity contribution in [3.63, 3.8) is 0 Å². The number of methoxy groups -OCH3 is 1. The van der Waals surface area contributed by atoms with Gasteiger partial charge in [0, 0.05) is 5.02 Å². The van der Waals surface area contributed by atoms with E-state index in [-0.39, 0.29) is 21.2 Å². The van der Waals surface area contributed by atoms with Gasteiger partial charge >= 0.3 is 0 Å². The highest BCUT2D eigenvalue weighted by atomic mass is 35.5. The summed E-state index contributed by atoms with van der Waals surface area (Å²) in [6, 6.07) is 20.6. The van der Waals surface area contributed by atoms with E-state index in [0.717, 1.165) is 11.1 Å². The van der Waals surface area contributed by atoms with E-state index < -0.39 is 10.0 Å². The summed E-state index contributed by atoms with van der Waals surface area (Å²) < 4.78 is 33.4. The second-order valence-corrected chi connectivity index (χ2v) is 7.79. The SMILES string of the molecule is COc1ccc(-c2ccccc2)cc1NS(=O)(=O)c1cc(Cl)cc(C#N)c1. The summed E-state index contributed by atoms with van der Waals surface area (Å²) in [5.41, 5.74) is 2.22. The van der Waals surface area contributed by atoms with Gasteiger partial charge < -0.3 is 4.74 Å². The monoisotopic (exact) mass is 398 g/mol. The third-order valence-electron chi connectivity index (χ3n) is 3.86. The molecule has 0 aromatic heterocycles. The highest BCUT2D eigenvalue weighted by molar-refractivity contribution is 7.92. The van der Waals surface area contributed by atoms with Gasteiger partial charge in [0.1, 0.15) is 5.75 Å². The van der Waals surface area contributed by atoms with Gasteiger partial charge in [-0.15, -0.1) is 0 Å². The third kappa shape index (κ3) is 4.22. The molecule has 0 spiro atoms. The number of benzene rings is 3. The van der Waals surface area contributed by atoms with E-state index in [1.165, 1.54) is 25.3 Å². The molecule has 0 saturated carbocycles. The topological polar surface area (TPSA) is 79.2 Å². The molecular formula is C20H15ClN2O3S. The molecule has 0 amide bonds. The van der Waals surface area contributed by atoms with Crippen LogP contribution in [0.5, 0.6) is 5.75 Å². The van der Waals surface area contributed by atoms with Crippen LogP contribution in [0, 0.1) is 11.3 Å². The van der Waals surface area contributed by atoms with E-state index in [1.54, 1.807) is 12.1 Å². The fourth-order valence-corrected chi connectivity index (χ4v) is 4.01. The molecule has 0 radical (unpaired) electrons. The summed E-state index contributed by atoms with van der Waals surface area (Å²) in [4.78, 5) is -0.0984. The molecule has 0 aliphatic carbocycles. The van der Waals surface area contributed by atoms with Gasteiger partial charge in [-0.05, 0) is 41.5 Å². The number of nitrogens with one attached hydrogen (secondary N) is 1. The van der Waals surface area contributed by atoms with E-state index >= 15 is 0 Å². The molecule has 27 heavy (non-hydrogen) atoms. The number of hydrogen-bond donors (Lipinski definition) is 1. The lowest BCUT2D eigenvalue weighted by molar-refractivity contribution is 0.417. The van der Waals surface area contributed by atoms with Crippen molar-refractivity contribution in [2.24, 2.45) is 0 Å². The summed E-state index contributed by atoms with van der Waals surface area (Å²) in [6.45, 7) is 0. The van der Waals surface area contributed by atoms with Crippen LogP contribution in [-0.2, 0) is 10.0 Å². The van der Waals surface area contributed by atoms with Gasteiger partial charge in [-0.3, -0.25) is 4.72 Å².